The van der Waals surface area contributed by atoms with Gasteiger partial charge in [0.2, 0.25) is 5.91 Å². The zero-order valence-electron chi connectivity index (χ0n) is 12.7. The number of rotatable bonds is 6. The van der Waals surface area contributed by atoms with Crippen LogP contribution < -0.4 is 15.4 Å². The highest BCUT2D eigenvalue weighted by atomic mass is 35.5. The third kappa shape index (κ3) is 4.40. The van der Waals surface area contributed by atoms with Gasteiger partial charge in [-0.1, -0.05) is 30.7 Å². The van der Waals surface area contributed by atoms with Gasteiger partial charge in [-0.15, -0.1) is 0 Å². The van der Waals surface area contributed by atoms with E-state index in [1.807, 2.05) is 30.3 Å². The maximum atomic E-state index is 11.9. The van der Waals surface area contributed by atoms with Crippen LogP contribution in [0.15, 0.2) is 42.5 Å². The van der Waals surface area contributed by atoms with Gasteiger partial charge < -0.3 is 15.4 Å². The second kappa shape index (κ2) is 7.71. The molecule has 0 aromatic heterocycles. The molecule has 0 aliphatic rings. The minimum absolute atomic E-state index is 0.115. The third-order valence-corrected chi connectivity index (χ3v) is 3.55. The van der Waals surface area contributed by atoms with E-state index in [4.69, 9.17) is 16.3 Å². The van der Waals surface area contributed by atoms with Crippen LogP contribution in [0.3, 0.4) is 0 Å². The van der Waals surface area contributed by atoms with Crippen LogP contribution in [-0.2, 0) is 11.2 Å². The summed E-state index contributed by atoms with van der Waals surface area (Å²) >= 11 is 6.04. The fourth-order valence-electron chi connectivity index (χ4n) is 1.99. The summed E-state index contributed by atoms with van der Waals surface area (Å²) in [5.74, 6) is 0.490. The molecule has 2 aromatic carbocycles. The van der Waals surface area contributed by atoms with Gasteiger partial charge in [-0.25, -0.2) is 0 Å². The summed E-state index contributed by atoms with van der Waals surface area (Å²) in [5.41, 5.74) is 2.79. The number of anilines is 2. The number of hydrogen-bond acceptors (Lipinski definition) is 3. The van der Waals surface area contributed by atoms with Crippen molar-refractivity contribution >= 4 is 28.9 Å². The largest absolute Gasteiger partial charge is 0.495 e. The van der Waals surface area contributed by atoms with E-state index in [1.165, 1.54) is 5.56 Å². The summed E-state index contributed by atoms with van der Waals surface area (Å²) in [5, 5.41) is 6.37. The lowest BCUT2D eigenvalue weighted by atomic mass is 10.1. The normalized spacial score (nSPS) is 10.1. The highest BCUT2D eigenvalue weighted by Gasteiger charge is 2.05. The Hall–Kier alpha value is -2.20. The monoisotopic (exact) mass is 318 g/mol. The second-order valence-electron chi connectivity index (χ2n) is 4.80. The Kier molecular flexibility index (Phi) is 5.67. The van der Waals surface area contributed by atoms with Gasteiger partial charge in [0.25, 0.3) is 0 Å². The van der Waals surface area contributed by atoms with Crippen molar-refractivity contribution in [2.75, 3.05) is 24.3 Å². The van der Waals surface area contributed by atoms with Crippen LogP contribution in [0.4, 0.5) is 11.4 Å². The molecule has 2 aromatic rings. The molecule has 5 heteroatoms. The molecular formula is C17H19ClN2O2. The first-order valence-corrected chi connectivity index (χ1v) is 7.46. The maximum Gasteiger partial charge on any atom is 0.243 e. The number of carbonyl (C=O) groups excluding carboxylic acids is 1. The Balaban J connectivity index is 1.88. The van der Waals surface area contributed by atoms with Crippen molar-refractivity contribution in [3.8, 4) is 5.75 Å². The lowest BCUT2D eigenvalue weighted by molar-refractivity contribution is -0.114. The van der Waals surface area contributed by atoms with E-state index in [-0.39, 0.29) is 12.5 Å². The third-order valence-electron chi connectivity index (χ3n) is 3.25. The van der Waals surface area contributed by atoms with E-state index in [9.17, 15) is 4.79 Å². The first-order chi connectivity index (χ1) is 10.6. The minimum atomic E-state index is -0.115. The molecule has 0 saturated carbocycles. The Bertz CT molecular complexity index is 642. The molecule has 0 atom stereocenters. The molecule has 4 nitrogen and oxygen atoms in total. The molecule has 0 fully saturated rings. The molecule has 0 aliphatic carbocycles. The minimum Gasteiger partial charge on any atom is -0.495 e. The van der Waals surface area contributed by atoms with Crippen molar-refractivity contribution in [1.82, 2.24) is 0 Å². The molecular weight excluding hydrogens is 300 g/mol. The average molecular weight is 319 g/mol. The van der Waals surface area contributed by atoms with Crippen molar-refractivity contribution < 1.29 is 9.53 Å². The number of ether oxygens (including phenoxy) is 1. The molecule has 0 unspecified atom stereocenters. The predicted octanol–water partition coefficient (Wildman–Crippen LogP) is 3.96. The van der Waals surface area contributed by atoms with Gasteiger partial charge in [-0.2, -0.15) is 0 Å². The number of aryl methyl sites for hydroxylation is 1. The first kappa shape index (κ1) is 16.2. The van der Waals surface area contributed by atoms with Crippen molar-refractivity contribution in [3.63, 3.8) is 0 Å². The number of benzene rings is 2. The van der Waals surface area contributed by atoms with Crippen LogP contribution in [0.1, 0.15) is 12.5 Å². The Morgan fingerprint density at radius 3 is 2.41 bits per heavy atom. The van der Waals surface area contributed by atoms with Gasteiger partial charge in [0.1, 0.15) is 5.75 Å². The summed E-state index contributed by atoms with van der Waals surface area (Å²) in [7, 11) is 1.56. The highest BCUT2D eigenvalue weighted by molar-refractivity contribution is 6.32. The number of carbonyl (C=O) groups is 1. The SMILES string of the molecule is CCc1ccc(NC(=O)CNc2ccc(OC)c(Cl)c2)cc1. The zero-order valence-corrected chi connectivity index (χ0v) is 13.4. The fraction of sp³-hybridized carbons (Fsp3) is 0.235. The standard InChI is InChI=1S/C17H19ClN2O2/c1-3-12-4-6-13(7-5-12)20-17(21)11-19-14-8-9-16(22-2)15(18)10-14/h4-10,19H,3,11H2,1-2H3,(H,20,21). The molecule has 2 rings (SSSR count). The van der Waals surface area contributed by atoms with E-state index >= 15 is 0 Å². The fourth-order valence-corrected chi connectivity index (χ4v) is 2.25. The number of amides is 1. The topological polar surface area (TPSA) is 50.4 Å². The molecule has 22 heavy (non-hydrogen) atoms. The van der Waals surface area contributed by atoms with Crippen molar-refractivity contribution in [1.29, 1.82) is 0 Å². The van der Waals surface area contributed by atoms with Gasteiger partial charge >= 0.3 is 0 Å². The lowest BCUT2D eigenvalue weighted by Gasteiger charge is -2.10. The van der Waals surface area contributed by atoms with Crippen LogP contribution in [0.5, 0.6) is 5.75 Å². The van der Waals surface area contributed by atoms with Crippen LogP contribution in [0, 0.1) is 0 Å². The van der Waals surface area contributed by atoms with Gasteiger partial charge in [-0.3, -0.25) is 4.79 Å². The molecule has 2 N–H and O–H groups in total. The molecule has 0 heterocycles. The summed E-state index contributed by atoms with van der Waals surface area (Å²) in [6.07, 6.45) is 0.980. The van der Waals surface area contributed by atoms with E-state index in [2.05, 4.69) is 17.6 Å². The van der Waals surface area contributed by atoms with Gasteiger partial charge in [0.15, 0.2) is 0 Å². The average Bonchev–Trinajstić information content (AvgIpc) is 2.54. The molecule has 0 aliphatic heterocycles. The Morgan fingerprint density at radius 2 is 1.82 bits per heavy atom. The Morgan fingerprint density at radius 1 is 1.14 bits per heavy atom. The molecule has 0 spiro atoms. The summed E-state index contributed by atoms with van der Waals surface area (Å²) in [6.45, 7) is 2.26. The van der Waals surface area contributed by atoms with E-state index in [0.717, 1.165) is 17.8 Å². The number of halogens is 1. The number of methoxy groups -OCH3 is 1. The first-order valence-electron chi connectivity index (χ1n) is 7.08. The zero-order chi connectivity index (χ0) is 15.9. The smallest absolute Gasteiger partial charge is 0.243 e. The maximum absolute atomic E-state index is 11.9. The summed E-state index contributed by atoms with van der Waals surface area (Å²) in [6, 6.07) is 13.1. The molecule has 1 amide bonds. The molecule has 0 saturated heterocycles. The van der Waals surface area contributed by atoms with Gasteiger partial charge in [0.05, 0.1) is 18.7 Å². The van der Waals surface area contributed by atoms with Crippen LogP contribution >= 0.6 is 11.6 Å². The van der Waals surface area contributed by atoms with Crippen LogP contribution in [0.25, 0.3) is 0 Å². The van der Waals surface area contributed by atoms with E-state index in [1.54, 1.807) is 19.2 Å². The number of nitrogens with one attached hydrogen (secondary N) is 2. The summed E-state index contributed by atoms with van der Waals surface area (Å²) < 4.78 is 5.08. The highest BCUT2D eigenvalue weighted by Crippen LogP contribution is 2.27. The van der Waals surface area contributed by atoms with Crippen molar-refractivity contribution in [2.45, 2.75) is 13.3 Å². The molecule has 0 bridgehead atoms. The van der Waals surface area contributed by atoms with Crippen LogP contribution in [-0.4, -0.2) is 19.6 Å². The Labute approximate surface area is 135 Å². The molecule has 0 radical (unpaired) electrons. The van der Waals surface area contributed by atoms with E-state index < -0.39 is 0 Å². The van der Waals surface area contributed by atoms with Gasteiger partial charge in [-0.05, 0) is 42.3 Å². The van der Waals surface area contributed by atoms with Crippen LogP contribution in [0.2, 0.25) is 5.02 Å². The quantitative estimate of drug-likeness (QED) is 0.847. The van der Waals surface area contributed by atoms with Gasteiger partial charge in [0, 0.05) is 11.4 Å². The second-order valence-corrected chi connectivity index (χ2v) is 5.21. The number of hydrogen-bond donors (Lipinski definition) is 2. The van der Waals surface area contributed by atoms with Crippen molar-refractivity contribution in [2.24, 2.45) is 0 Å². The van der Waals surface area contributed by atoms with E-state index in [0.29, 0.717) is 10.8 Å². The summed E-state index contributed by atoms with van der Waals surface area (Å²) in [4.78, 5) is 11.9. The van der Waals surface area contributed by atoms with Crippen molar-refractivity contribution in [3.05, 3.63) is 53.1 Å². The lowest BCUT2D eigenvalue weighted by Crippen LogP contribution is -2.21. The predicted molar refractivity (Wildman–Crippen MR) is 90.9 cm³/mol. The molecule has 116 valence electrons.